The lowest BCUT2D eigenvalue weighted by Crippen LogP contribution is -2.28. The number of fused-ring (bicyclic) bond motifs is 1. The van der Waals surface area contributed by atoms with Crippen molar-refractivity contribution in [2.24, 2.45) is 11.8 Å². The van der Waals surface area contributed by atoms with Gasteiger partial charge in [0.1, 0.15) is 18.2 Å². The molecule has 0 bridgehead atoms. The Bertz CT molecular complexity index is 803. The van der Waals surface area contributed by atoms with Crippen LogP contribution >= 0.6 is 0 Å². The molecular weight excluding hydrogens is 352 g/mol. The van der Waals surface area contributed by atoms with Crippen molar-refractivity contribution in [3.63, 3.8) is 0 Å². The van der Waals surface area contributed by atoms with Crippen LogP contribution in [0.25, 0.3) is 0 Å². The van der Waals surface area contributed by atoms with Gasteiger partial charge in [0.15, 0.2) is 0 Å². The van der Waals surface area contributed by atoms with Crippen molar-refractivity contribution >= 4 is 5.82 Å². The van der Waals surface area contributed by atoms with E-state index in [9.17, 15) is 5.11 Å². The highest BCUT2D eigenvalue weighted by molar-refractivity contribution is 5.45. The van der Waals surface area contributed by atoms with Crippen LogP contribution in [-0.4, -0.2) is 52.8 Å². The third kappa shape index (κ3) is 4.13. The number of ether oxygens (including phenoxy) is 1. The van der Waals surface area contributed by atoms with Gasteiger partial charge >= 0.3 is 0 Å². The minimum absolute atomic E-state index is 0.0196. The van der Waals surface area contributed by atoms with Crippen molar-refractivity contribution in [3.05, 3.63) is 54.7 Å². The normalized spacial score (nSPS) is 29.1. The number of aliphatic hydroxyl groups is 1. The molecule has 0 unspecified atom stereocenters. The van der Waals surface area contributed by atoms with Crippen LogP contribution in [0.2, 0.25) is 0 Å². The number of hydrogen-bond acceptors (Lipinski definition) is 6. The highest BCUT2D eigenvalue weighted by atomic mass is 16.5. The summed E-state index contributed by atoms with van der Waals surface area (Å²) in [5.74, 6) is 1.80. The molecule has 0 saturated heterocycles. The minimum atomic E-state index is -0.397. The Kier molecular flexibility index (Phi) is 5.51. The molecule has 1 radical (unpaired) electrons. The Morgan fingerprint density at radius 1 is 1.25 bits per heavy atom. The average molecular weight is 382 g/mol. The molecule has 0 aliphatic heterocycles. The van der Waals surface area contributed by atoms with Gasteiger partial charge in [-0.1, -0.05) is 24.3 Å². The number of aromatic nitrogens is 2. The van der Waals surface area contributed by atoms with E-state index in [1.165, 1.54) is 17.5 Å². The molecule has 6 nitrogen and oxygen atoms in total. The molecular formula is C22H29N4O2. The second kappa shape index (κ2) is 8.05. The second-order valence-electron chi connectivity index (χ2n) is 8.33. The SMILES string of the molecule is [CH2][C@H]1C[C@H](Oc2cc(N[C@H]3c4ccccc4C[C@H]3CN(C)C)ncn2)C[C@H]1O. The molecule has 2 aliphatic rings. The Hall–Kier alpha value is -2.18. The first kappa shape index (κ1) is 19.2. The van der Waals surface area contributed by atoms with Gasteiger partial charge in [0.2, 0.25) is 5.88 Å². The average Bonchev–Trinajstić information content (AvgIpc) is 3.14. The van der Waals surface area contributed by atoms with Crippen molar-refractivity contribution in [2.45, 2.75) is 37.5 Å². The summed E-state index contributed by atoms with van der Waals surface area (Å²) in [6.07, 6.45) is 3.49. The number of aliphatic hydroxyl groups excluding tert-OH is 1. The maximum absolute atomic E-state index is 9.89. The maximum atomic E-state index is 9.89. The summed E-state index contributed by atoms with van der Waals surface area (Å²) < 4.78 is 5.98. The van der Waals surface area contributed by atoms with Gasteiger partial charge in [-0.3, -0.25) is 0 Å². The van der Waals surface area contributed by atoms with Gasteiger partial charge in [0, 0.05) is 24.9 Å². The van der Waals surface area contributed by atoms with Crippen molar-refractivity contribution in [3.8, 4) is 5.88 Å². The molecule has 2 aromatic rings. The maximum Gasteiger partial charge on any atom is 0.218 e. The second-order valence-corrected chi connectivity index (χ2v) is 8.33. The molecule has 0 spiro atoms. The first-order chi connectivity index (χ1) is 13.5. The fourth-order valence-corrected chi connectivity index (χ4v) is 4.47. The molecule has 0 amide bonds. The van der Waals surface area contributed by atoms with Crippen LogP contribution in [0, 0.1) is 18.8 Å². The van der Waals surface area contributed by atoms with E-state index in [-0.39, 0.29) is 18.1 Å². The molecule has 1 fully saturated rings. The van der Waals surface area contributed by atoms with E-state index in [0.717, 1.165) is 25.2 Å². The highest BCUT2D eigenvalue weighted by Crippen LogP contribution is 2.38. The molecule has 5 atom stereocenters. The predicted molar refractivity (Wildman–Crippen MR) is 109 cm³/mol. The van der Waals surface area contributed by atoms with Crippen molar-refractivity contribution in [2.75, 3.05) is 26.0 Å². The number of nitrogens with one attached hydrogen (secondary N) is 1. The number of benzene rings is 1. The van der Waals surface area contributed by atoms with Crippen LogP contribution in [0.15, 0.2) is 36.7 Å². The third-order valence-electron chi connectivity index (χ3n) is 5.79. The Morgan fingerprint density at radius 3 is 2.82 bits per heavy atom. The predicted octanol–water partition coefficient (Wildman–Crippen LogP) is 2.72. The van der Waals surface area contributed by atoms with E-state index in [1.54, 1.807) is 0 Å². The third-order valence-corrected chi connectivity index (χ3v) is 5.79. The van der Waals surface area contributed by atoms with E-state index in [4.69, 9.17) is 4.74 Å². The van der Waals surface area contributed by atoms with E-state index < -0.39 is 6.10 Å². The lowest BCUT2D eigenvalue weighted by Gasteiger charge is -2.25. The minimum Gasteiger partial charge on any atom is -0.474 e. The van der Waals surface area contributed by atoms with E-state index >= 15 is 0 Å². The fraction of sp³-hybridized carbons (Fsp3) is 0.500. The zero-order valence-electron chi connectivity index (χ0n) is 16.6. The molecule has 6 heteroatoms. The van der Waals surface area contributed by atoms with Crippen LogP contribution in [0.5, 0.6) is 5.88 Å². The van der Waals surface area contributed by atoms with E-state index in [2.05, 4.69) is 65.5 Å². The quantitative estimate of drug-likeness (QED) is 0.802. The Labute approximate surface area is 167 Å². The number of hydrogen-bond donors (Lipinski definition) is 2. The van der Waals surface area contributed by atoms with Crippen LogP contribution in [-0.2, 0) is 6.42 Å². The standard InChI is InChI=1S/C22H29N4O2/c1-14-8-17(10-19(14)27)28-21-11-20(23-13-24-21)25-22-16(12-26(2)3)9-15-6-4-5-7-18(15)22/h4-7,11,13-14,16-17,19,22,27H,1,8-10,12H2,2-3H3,(H,23,24,25)/t14-,16-,17-,19+,22+/m0/s1. The molecule has 4 rings (SSSR count). The Balaban J connectivity index is 1.49. The van der Waals surface area contributed by atoms with Crippen LogP contribution < -0.4 is 10.1 Å². The molecule has 2 N–H and O–H groups in total. The van der Waals surface area contributed by atoms with Gasteiger partial charge in [-0.05, 0) is 50.9 Å². The zero-order valence-corrected chi connectivity index (χ0v) is 16.6. The Morgan fingerprint density at radius 2 is 2.07 bits per heavy atom. The van der Waals surface area contributed by atoms with Crippen LogP contribution in [0.1, 0.15) is 30.0 Å². The smallest absolute Gasteiger partial charge is 0.218 e. The summed E-state index contributed by atoms with van der Waals surface area (Å²) in [5, 5.41) is 13.5. The fourth-order valence-electron chi connectivity index (χ4n) is 4.47. The molecule has 149 valence electrons. The summed E-state index contributed by atoms with van der Waals surface area (Å²) in [7, 11) is 4.23. The first-order valence-electron chi connectivity index (χ1n) is 9.98. The zero-order chi connectivity index (χ0) is 19.7. The lowest BCUT2D eigenvalue weighted by atomic mass is 10.00. The first-order valence-corrected chi connectivity index (χ1v) is 9.98. The summed E-state index contributed by atoms with van der Waals surface area (Å²) in [5.41, 5.74) is 2.74. The van der Waals surface area contributed by atoms with Gasteiger partial charge in [-0.2, -0.15) is 0 Å². The van der Waals surface area contributed by atoms with Gasteiger partial charge in [-0.15, -0.1) is 0 Å². The van der Waals surface area contributed by atoms with Crippen LogP contribution in [0.3, 0.4) is 0 Å². The molecule has 1 aromatic heterocycles. The van der Waals surface area contributed by atoms with Crippen molar-refractivity contribution in [1.29, 1.82) is 0 Å². The molecule has 1 heterocycles. The number of nitrogens with zero attached hydrogens (tertiary/aromatic N) is 3. The summed E-state index contributed by atoms with van der Waals surface area (Å²) in [6.45, 7) is 4.98. The highest BCUT2D eigenvalue weighted by Gasteiger charge is 2.33. The summed E-state index contributed by atoms with van der Waals surface area (Å²) in [4.78, 5) is 10.9. The monoisotopic (exact) mass is 381 g/mol. The van der Waals surface area contributed by atoms with Gasteiger partial charge in [0.05, 0.1) is 12.1 Å². The number of anilines is 1. The molecule has 1 saturated carbocycles. The van der Waals surface area contributed by atoms with E-state index in [1.807, 2.05) is 6.07 Å². The van der Waals surface area contributed by atoms with Gasteiger partial charge < -0.3 is 20.1 Å². The molecule has 2 aliphatic carbocycles. The van der Waals surface area contributed by atoms with Gasteiger partial charge in [0.25, 0.3) is 0 Å². The molecule has 1 aromatic carbocycles. The topological polar surface area (TPSA) is 70.5 Å². The van der Waals surface area contributed by atoms with Crippen molar-refractivity contribution in [1.82, 2.24) is 14.9 Å². The van der Waals surface area contributed by atoms with Gasteiger partial charge in [-0.25, -0.2) is 9.97 Å². The lowest BCUT2D eigenvalue weighted by molar-refractivity contribution is 0.134. The number of rotatable bonds is 6. The summed E-state index contributed by atoms with van der Waals surface area (Å²) >= 11 is 0. The van der Waals surface area contributed by atoms with Crippen molar-refractivity contribution < 1.29 is 9.84 Å². The largest absolute Gasteiger partial charge is 0.474 e. The summed E-state index contributed by atoms with van der Waals surface area (Å²) in [6, 6.07) is 10.7. The van der Waals surface area contributed by atoms with E-state index in [0.29, 0.717) is 18.2 Å². The van der Waals surface area contributed by atoms with Crippen LogP contribution in [0.4, 0.5) is 5.82 Å². The molecule has 28 heavy (non-hydrogen) atoms.